The minimum Gasteiger partial charge on any atom is -0.383 e. The van der Waals surface area contributed by atoms with Crippen LogP contribution in [0.15, 0.2) is 29.4 Å². The van der Waals surface area contributed by atoms with Gasteiger partial charge in [0.2, 0.25) is 0 Å². The minimum absolute atomic E-state index is 0.237. The van der Waals surface area contributed by atoms with Gasteiger partial charge in [0.15, 0.2) is 5.96 Å². The number of nitrogens with one attached hydrogen (secondary N) is 2. The van der Waals surface area contributed by atoms with E-state index >= 15 is 0 Å². The molecule has 0 bridgehead atoms. The van der Waals surface area contributed by atoms with Crippen LogP contribution < -0.4 is 10.6 Å². The molecule has 23 heavy (non-hydrogen) atoms. The maximum Gasteiger partial charge on any atom is 0.191 e. The van der Waals surface area contributed by atoms with Crippen molar-refractivity contribution in [2.75, 3.05) is 33.4 Å². The first kappa shape index (κ1) is 17.7. The zero-order valence-electron chi connectivity index (χ0n) is 14.1. The summed E-state index contributed by atoms with van der Waals surface area (Å²) in [6.45, 7) is 5.03. The van der Waals surface area contributed by atoms with Crippen LogP contribution in [0.5, 0.6) is 0 Å². The summed E-state index contributed by atoms with van der Waals surface area (Å²) in [5.74, 6) is 0.806. The molecule has 1 fully saturated rings. The van der Waals surface area contributed by atoms with E-state index in [1.165, 1.54) is 0 Å². The number of rotatable bonds is 8. The molecule has 1 saturated heterocycles. The van der Waals surface area contributed by atoms with Crippen LogP contribution in [0.2, 0.25) is 0 Å². The molecule has 2 rings (SSSR count). The first-order valence-corrected chi connectivity index (χ1v) is 8.35. The summed E-state index contributed by atoms with van der Waals surface area (Å²) in [4.78, 5) is 8.88. The molecule has 0 spiro atoms. The lowest BCUT2D eigenvalue weighted by Crippen LogP contribution is -2.47. The lowest BCUT2D eigenvalue weighted by atomic mass is 10.1. The van der Waals surface area contributed by atoms with Crippen molar-refractivity contribution < 1.29 is 9.47 Å². The van der Waals surface area contributed by atoms with Crippen molar-refractivity contribution in [1.29, 1.82) is 0 Å². The van der Waals surface area contributed by atoms with E-state index in [2.05, 4.69) is 27.5 Å². The van der Waals surface area contributed by atoms with Crippen LogP contribution in [-0.4, -0.2) is 56.5 Å². The van der Waals surface area contributed by atoms with Gasteiger partial charge in [-0.15, -0.1) is 0 Å². The van der Waals surface area contributed by atoms with Crippen molar-refractivity contribution in [3.63, 3.8) is 0 Å². The smallest absolute Gasteiger partial charge is 0.191 e. The average Bonchev–Trinajstić information content (AvgIpc) is 3.10. The standard InChI is InChI=1S/C17H28N4O2/c1-14(16-7-5-12-23-16)21-17(20-11-13-22-2)19-10-8-15-6-3-4-9-18-15/h3-4,6,9,14,16H,5,7-8,10-13H2,1-2H3,(H2,19,20,21)/t14-,16+/m1/s1. The summed E-state index contributed by atoms with van der Waals surface area (Å²) in [7, 11) is 1.69. The molecule has 0 amide bonds. The third kappa shape index (κ3) is 6.54. The van der Waals surface area contributed by atoms with Gasteiger partial charge in [0.05, 0.1) is 25.3 Å². The highest BCUT2D eigenvalue weighted by atomic mass is 16.5. The molecule has 0 radical (unpaired) electrons. The summed E-state index contributed by atoms with van der Waals surface area (Å²) < 4.78 is 10.8. The summed E-state index contributed by atoms with van der Waals surface area (Å²) >= 11 is 0. The maximum atomic E-state index is 5.74. The van der Waals surface area contributed by atoms with Gasteiger partial charge in [0, 0.05) is 38.6 Å². The van der Waals surface area contributed by atoms with E-state index in [9.17, 15) is 0 Å². The number of methoxy groups -OCH3 is 1. The van der Waals surface area contributed by atoms with Gasteiger partial charge in [-0.1, -0.05) is 6.07 Å². The molecule has 6 heteroatoms. The van der Waals surface area contributed by atoms with Crippen LogP contribution in [0.1, 0.15) is 25.5 Å². The minimum atomic E-state index is 0.237. The van der Waals surface area contributed by atoms with Crippen molar-refractivity contribution in [1.82, 2.24) is 15.6 Å². The summed E-state index contributed by atoms with van der Waals surface area (Å²) in [5, 5.41) is 6.81. The number of aliphatic imine (C=N–C) groups is 1. The molecule has 2 atom stereocenters. The maximum absolute atomic E-state index is 5.74. The van der Waals surface area contributed by atoms with E-state index in [0.29, 0.717) is 13.2 Å². The third-order valence-corrected chi connectivity index (χ3v) is 3.85. The first-order valence-electron chi connectivity index (χ1n) is 8.35. The van der Waals surface area contributed by atoms with E-state index in [1.807, 2.05) is 24.4 Å². The van der Waals surface area contributed by atoms with Crippen molar-refractivity contribution in [2.24, 2.45) is 4.99 Å². The normalized spacial score (nSPS) is 19.6. The Balaban J connectivity index is 1.81. The zero-order valence-corrected chi connectivity index (χ0v) is 14.1. The van der Waals surface area contributed by atoms with Gasteiger partial charge in [-0.25, -0.2) is 0 Å². The summed E-state index contributed by atoms with van der Waals surface area (Å²) in [6.07, 6.45) is 5.19. The van der Waals surface area contributed by atoms with Crippen LogP contribution >= 0.6 is 0 Å². The van der Waals surface area contributed by atoms with Gasteiger partial charge < -0.3 is 20.1 Å². The molecule has 0 aliphatic carbocycles. The van der Waals surface area contributed by atoms with Gasteiger partial charge in [-0.2, -0.15) is 0 Å². The van der Waals surface area contributed by atoms with E-state index in [4.69, 9.17) is 9.47 Å². The Bertz CT molecular complexity index is 461. The third-order valence-electron chi connectivity index (χ3n) is 3.85. The molecule has 2 heterocycles. The lowest BCUT2D eigenvalue weighted by Gasteiger charge is -2.22. The lowest BCUT2D eigenvalue weighted by molar-refractivity contribution is 0.0890. The predicted molar refractivity (Wildman–Crippen MR) is 91.7 cm³/mol. The Morgan fingerprint density at radius 3 is 3.13 bits per heavy atom. The van der Waals surface area contributed by atoms with Crippen LogP contribution in [0.25, 0.3) is 0 Å². The van der Waals surface area contributed by atoms with Gasteiger partial charge in [0.25, 0.3) is 0 Å². The Morgan fingerprint density at radius 2 is 2.43 bits per heavy atom. The Kier molecular flexibility index (Phi) is 7.83. The predicted octanol–water partition coefficient (Wildman–Crippen LogP) is 1.37. The van der Waals surface area contributed by atoms with Crippen molar-refractivity contribution in [3.05, 3.63) is 30.1 Å². The second kappa shape index (κ2) is 10.2. The molecule has 128 valence electrons. The second-order valence-corrected chi connectivity index (χ2v) is 5.71. The van der Waals surface area contributed by atoms with Gasteiger partial charge in [-0.05, 0) is 31.9 Å². The SMILES string of the molecule is COCCN=C(NCCc1ccccn1)N[C@H](C)[C@@H]1CCCO1. The Labute approximate surface area is 138 Å². The number of aromatic nitrogens is 1. The van der Waals surface area contributed by atoms with Crippen LogP contribution in [0.3, 0.4) is 0 Å². The number of guanidine groups is 1. The summed E-state index contributed by atoms with van der Waals surface area (Å²) in [5.41, 5.74) is 1.07. The molecule has 1 aromatic rings. The number of hydrogen-bond donors (Lipinski definition) is 2. The fourth-order valence-electron chi connectivity index (χ4n) is 2.56. The first-order chi connectivity index (χ1) is 11.3. The quantitative estimate of drug-likeness (QED) is 0.430. The molecule has 0 saturated carbocycles. The van der Waals surface area contributed by atoms with Crippen LogP contribution in [-0.2, 0) is 15.9 Å². The number of pyridine rings is 1. The molecule has 1 aliphatic rings. The second-order valence-electron chi connectivity index (χ2n) is 5.71. The number of hydrogen-bond acceptors (Lipinski definition) is 4. The van der Waals surface area contributed by atoms with Gasteiger partial charge >= 0.3 is 0 Å². The molecule has 0 unspecified atom stereocenters. The Hall–Kier alpha value is -1.66. The highest BCUT2D eigenvalue weighted by molar-refractivity contribution is 5.80. The average molecular weight is 320 g/mol. The zero-order chi connectivity index (χ0) is 16.3. The van der Waals surface area contributed by atoms with Gasteiger partial charge in [-0.3, -0.25) is 9.98 Å². The van der Waals surface area contributed by atoms with Gasteiger partial charge in [0.1, 0.15) is 0 Å². The molecular weight excluding hydrogens is 292 g/mol. The molecule has 6 nitrogen and oxygen atoms in total. The topological polar surface area (TPSA) is 67.8 Å². The van der Waals surface area contributed by atoms with Crippen molar-refractivity contribution in [3.8, 4) is 0 Å². The van der Waals surface area contributed by atoms with E-state index in [0.717, 1.165) is 44.1 Å². The van der Waals surface area contributed by atoms with Crippen molar-refractivity contribution in [2.45, 2.75) is 38.3 Å². The monoisotopic (exact) mass is 320 g/mol. The number of nitrogens with zero attached hydrogens (tertiary/aromatic N) is 2. The number of ether oxygens (including phenoxy) is 2. The molecule has 0 aromatic carbocycles. The van der Waals surface area contributed by atoms with Crippen LogP contribution in [0, 0.1) is 0 Å². The fraction of sp³-hybridized carbons (Fsp3) is 0.647. The highest BCUT2D eigenvalue weighted by Crippen LogP contribution is 2.15. The molecule has 1 aliphatic heterocycles. The van der Waals surface area contributed by atoms with E-state index < -0.39 is 0 Å². The molecular formula is C17H28N4O2. The largest absolute Gasteiger partial charge is 0.383 e. The van der Waals surface area contributed by atoms with Crippen LogP contribution in [0.4, 0.5) is 0 Å². The van der Waals surface area contributed by atoms with E-state index in [1.54, 1.807) is 7.11 Å². The van der Waals surface area contributed by atoms with Crippen molar-refractivity contribution >= 4 is 5.96 Å². The molecule has 2 N–H and O–H groups in total. The summed E-state index contributed by atoms with van der Waals surface area (Å²) in [6, 6.07) is 6.21. The van der Waals surface area contributed by atoms with E-state index in [-0.39, 0.29) is 12.1 Å². The fourth-order valence-corrected chi connectivity index (χ4v) is 2.56. The highest BCUT2D eigenvalue weighted by Gasteiger charge is 2.22. The Morgan fingerprint density at radius 1 is 1.52 bits per heavy atom. The molecule has 1 aromatic heterocycles.